The van der Waals surface area contributed by atoms with E-state index < -0.39 is 35.4 Å². The first kappa shape index (κ1) is 22.4. The van der Waals surface area contributed by atoms with Crippen LogP contribution in [0.4, 0.5) is 22.0 Å². The molecular formula is C20H20F5NO3. The van der Waals surface area contributed by atoms with Crippen molar-refractivity contribution in [3.8, 4) is 11.5 Å². The third-order valence-corrected chi connectivity index (χ3v) is 4.31. The average molecular weight is 417 g/mol. The Labute approximate surface area is 164 Å². The lowest BCUT2D eigenvalue weighted by molar-refractivity contribution is -0.137. The first-order valence-electron chi connectivity index (χ1n) is 8.53. The van der Waals surface area contributed by atoms with Gasteiger partial charge in [0.15, 0.2) is 11.5 Å². The van der Waals surface area contributed by atoms with Crippen molar-refractivity contribution in [2.75, 3.05) is 13.7 Å². The molecule has 0 bridgehead atoms. The summed E-state index contributed by atoms with van der Waals surface area (Å²) in [6, 6.07) is 8.87. The molecule has 0 aliphatic carbocycles. The molecule has 0 heterocycles. The lowest BCUT2D eigenvalue weighted by atomic mass is 9.83. The number of rotatable bonds is 7. The van der Waals surface area contributed by atoms with Gasteiger partial charge in [-0.15, -0.1) is 0 Å². The van der Waals surface area contributed by atoms with Gasteiger partial charge < -0.3 is 14.8 Å². The molecule has 0 aliphatic heterocycles. The number of amides is 1. The molecule has 2 aromatic carbocycles. The topological polar surface area (TPSA) is 47.6 Å². The summed E-state index contributed by atoms with van der Waals surface area (Å²) in [5, 5.41) is 2.56. The van der Waals surface area contributed by atoms with Crippen molar-refractivity contribution in [3.05, 3.63) is 59.2 Å². The van der Waals surface area contributed by atoms with Crippen LogP contribution in [-0.2, 0) is 11.6 Å². The van der Waals surface area contributed by atoms with Gasteiger partial charge in [-0.05, 0) is 23.8 Å². The minimum Gasteiger partial charge on any atom is -0.493 e. The number of benzene rings is 2. The first-order valence-corrected chi connectivity index (χ1v) is 8.53. The Balaban J connectivity index is 2.22. The number of alkyl halides is 5. The van der Waals surface area contributed by atoms with Crippen molar-refractivity contribution in [1.29, 1.82) is 0 Å². The Kier molecular flexibility index (Phi) is 6.71. The summed E-state index contributed by atoms with van der Waals surface area (Å²) in [5.74, 6) is -1.19. The second-order valence-corrected chi connectivity index (χ2v) is 6.86. The molecule has 2 rings (SSSR count). The van der Waals surface area contributed by atoms with Gasteiger partial charge in [-0.2, -0.15) is 22.0 Å². The van der Waals surface area contributed by atoms with Gasteiger partial charge in [0.2, 0.25) is 0 Å². The average Bonchev–Trinajstić information content (AvgIpc) is 2.65. The Morgan fingerprint density at radius 3 is 2.28 bits per heavy atom. The lowest BCUT2D eigenvalue weighted by Gasteiger charge is -2.27. The highest BCUT2D eigenvalue weighted by molar-refractivity contribution is 5.97. The fourth-order valence-corrected chi connectivity index (χ4v) is 2.68. The molecule has 29 heavy (non-hydrogen) atoms. The predicted octanol–water partition coefficient (Wildman–Crippen LogP) is 5.02. The van der Waals surface area contributed by atoms with Crippen LogP contribution in [0, 0.1) is 0 Å². The van der Waals surface area contributed by atoms with E-state index in [1.807, 2.05) is 0 Å². The molecule has 1 N–H and O–H groups in total. The van der Waals surface area contributed by atoms with Crippen LogP contribution in [0.3, 0.4) is 0 Å². The quantitative estimate of drug-likeness (QED) is 0.644. The number of nitrogens with one attached hydrogen (secondary N) is 1. The number of hydrogen-bond donors (Lipinski definition) is 1. The van der Waals surface area contributed by atoms with Gasteiger partial charge >= 0.3 is 12.8 Å². The summed E-state index contributed by atoms with van der Waals surface area (Å²) in [6.45, 7) is 0.105. The lowest BCUT2D eigenvalue weighted by Crippen LogP contribution is -2.37. The normalized spacial score (nSPS) is 12.0. The third-order valence-electron chi connectivity index (χ3n) is 4.31. The van der Waals surface area contributed by atoms with Gasteiger partial charge in [-0.3, -0.25) is 4.79 Å². The van der Waals surface area contributed by atoms with Gasteiger partial charge in [0.1, 0.15) is 0 Å². The van der Waals surface area contributed by atoms with Crippen LogP contribution in [0.5, 0.6) is 11.5 Å². The smallest absolute Gasteiger partial charge is 0.416 e. The standard InChI is InChI=1S/C20H20F5NO3/c1-19(2,12-6-4-7-13(10-12)20(23,24)25)11-26-17(27)14-8-5-9-15(28-3)16(14)29-18(21)22/h4-10,18H,11H2,1-3H3,(H,26,27). The Bertz CT molecular complexity index is 865. The van der Waals surface area contributed by atoms with E-state index in [-0.39, 0.29) is 17.9 Å². The molecular weight excluding hydrogens is 397 g/mol. The van der Waals surface area contributed by atoms with Crippen LogP contribution in [0.1, 0.15) is 35.3 Å². The van der Waals surface area contributed by atoms with E-state index in [2.05, 4.69) is 10.1 Å². The van der Waals surface area contributed by atoms with Crippen LogP contribution >= 0.6 is 0 Å². The van der Waals surface area contributed by atoms with Gasteiger partial charge in [0, 0.05) is 12.0 Å². The molecule has 158 valence electrons. The molecule has 0 unspecified atom stereocenters. The number of hydrogen-bond acceptors (Lipinski definition) is 3. The molecule has 0 radical (unpaired) electrons. The summed E-state index contributed by atoms with van der Waals surface area (Å²) in [5.41, 5.74) is -1.47. The second-order valence-electron chi connectivity index (χ2n) is 6.86. The number of methoxy groups -OCH3 is 1. The summed E-state index contributed by atoms with van der Waals surface area (Å²) >= 11 is 0. The molecule has 0 saturated heterocycles. The maximum Gasteiger partial charge on any atom is 0.416 e. The van der Waals surface area contributed by atoms with Crippen molar-refractivity contribution in [1.82, 2.24) is 5.32 Å². The Morgan fingerprint density at radius 2 is 1.69 bits per heavy atom. The minimum atomic E-state index is -4.49. The molecule has 0 atom stereocenters. The maximum atomic E-state index is 13.0. The zero-order valence-corrected chi connectivity index (χ0v) is 15.9. The van der Waals surface area contributed by atoms with Crippen LogP contribution in [0.2, 0.25) is 0 Å². The largest absolute Gasteiger partial charge is 0.493 e. The van der Waals surface area contributed by atoms with Crippen LogP contribution in [-0.4, -0.2) is 26.2 Å². The van der Waals surface area contributed by atoms with Crippen molar-refractivity contribution in [2.45, 2.75) is 32.1 Å². The minimum absolute atomic E-state index is 0.0432. The second kappa shape index (κ2) is 8.67. The number of carbonyl (C=O) groups excluding carboxylic acids is 1. The van der Waals surface area contributed by atoms with E-state index in [0.717, 1.165) is 12.1 Å². The summed E-state index contributed by atoms with van der Waals surface area (Å²) in [4.78, 5) is 12.5. The first-order chi connectivity index (χ1) is 13.5. The van der Waals surface area contributed by atoms with Gasteiger partial charge in [-0.1, -0.05) is 38.1 Å². The van der Waals surface area contributed by atoms with Crippen molar-refractivity contribution in [2.24, 2.45) is 0 Å². The van der Waals surface area contributed by atoms with Crippen LogP contribution < -0.4 is 14.8 Å². The fourth-order valence-electron chi connectivity index (χ4n) is 2.68. The number of ether oxygens (including phenoxy) is 2. The fraction of sp³-hybridized carbons (Fsp3) is 0.350. The zero-order chi connectivity index (χ0) is 21.8. The predicted molar refractivity (Wildman–Crippen MR) is 96.4 cm³/mol. The number of para-hydroxylation sites is 1. The van der Waals surface area contributed by atoms with E-state index in [9.17, 15) is 26.7 Å². The highest BCUT2D eigenvalue weighted by Gasteiger charge is 2.32. The summed E-state index contributed by atoms with van der Waals surface area (Å²) < 4.78 is 73.6. The zero-order valence-electron chi connectivity index (χ0n) is 15.9. The molecule has 0 aliphatic rings. The molecule has 0 saturated carbocycles. The van der Waals surface area contributed by atoms with E-state index in [1.54, 1.807) is 13.8 Å². The van der Waals surface area contributed by atoms with E-state index >= 15 is 0 Å². The van der Waals surface area contributed by atoms with E-state index in [4.69, 9.17) is 4.74 Å². The monoisotopic (exact) mass is 417 g/mol. The molecule has 0 aromatic heterocycles. The van der Waals surface area contributed by atoms with Crippen LogP contribution in [0.25, 0.3) is 0 Å². The van der Waals surface area contributed by atoms with Crippen molar-refractivity contribution >= 4 is 5.91 Å². The summed E-state index contributed by atoms with van der Waals surface area (Å²) in [6.07, 6.45) is -4.49. The molecule has 0 fully saturated rings. The maximum absolute atomic E-state index is 13.0. The molecule has 0 spiro atoms. The summed E-state index contributed by atoms with van der Waals surface area (Å²) in [7, 11) is 1.24. The van der Waals surface area contributed by atoms with Crippen molar-refractivity contribution in [3.63, 3.8) is 0 Å². The highest BCUT2D eigenvalue weighted by Crippen LogP contribution is 2.34. The SMILES string of the molecule is COc1cccc(C(=O)NCC(C)(C)c2cccc(C(F)(F)F)c2)c1OC(F)F. The molecule has 4 nitrogen and oxygen atoms in total. The molecule has 2 aromatic rings. The Morgan fingerprint density at radius 1 is 1.07 bits per heavy atom. The number of halogens is 5. The third kappa shape index (κ3) is 5.58. The molecule has 9 heteroatoms. The van der Waals surface area contributed by atoms with Crippen molar-refractivity contribution < 1.29 is 36.2 Å². The van der Waals surface area contributed by atoms with Gasteiger partial charge in [-0.25, -0.2) is 0 Å². The van der Waals surface area contributed by atoms with Gasteiger partial charge in [0.05, 0.1) is 18.2 Å². The highest BCUT2D eigenvalue weighted by atomic mass is 19.4. The number of carbonyl (C=O) groups is 1. The van der Waals surface area contributed by atoms with Crippen LogP contribution in [0.15, 0.2) is 42.5 Å². The van der Waals surface area contributed by atoms with E-state index in [0.29, 0.717) is 5.56 Å². The van der Waals surface area contributed by atoms with E-state index in [1.165, 1.54) is 37.4 Å². The molecule has 1 amide bonds. The van der Waals surface area contributed by atoms with Gasteiger partial charge in [0.25, 0.3) is 5.91 Å². The Hall–Kier alpha value is -2.84.